The van der Waals surface area contributed by atoms with Gasteiger partial charge in [-0.15, -0.1) is 11.3 Å². The maximum atomic E-state index is 5.75. The lowest BCUT2D eigenvalue weighted by atomic mass is 10.2. The second-order valence-corrected chi connectivity index (χ2v) is 6.06. The molecule has 2 aromatic carbocycles. The smallest absolute Gasteiger partial charge is 0.159 e. The molecule has 0 atom stereocenters. The van der Waals surface area contributed by atoms with Gasteiger partial charge in [-0.2, -0.15) is 0 Å². The Labute approximate surface area is 123 Å². The highest BCUT2D eigenvalue weighted by molar-refractivity contribution is 9.11. The molecule has 0 spiro atoms. The summed E-state index contributed by atoms with van der Waals surface area (Å²) >= 11 is 4.95. The number of benzene rings is 2. The Kier molecular flexibility index (Phi) is 3.62. The van der Waals surface area contributed by atoms with Gasteiger partial charge in [0.05, 0.1) is 5.69 Å². The Morgan fingerprint density at radius 3 is 2.21 bits per heavy atom. The Bertz CT molecular complexity index is 664. The molecule has 94 valence electrons. The molecule has 3 aromatic rings. The molecule has 2 nitrogen and oxygen atoms in total. The highest BCUT2D eigenvalue weighted by Crippen LogP contribution is 2.28. The number of hydrogen-bond donors (Lipinski definition) is 0. The molecule has 0 bridgehead atoms. The van der Waals surface area contributed by atoms with Gasteiger partial charge >= 0.3 is 0 Å². The molecule has 0 aliphatic rings. The summed E-state index contributed by atoms with van der Waals surface area (Å²) in [6, 6.07) is 17.7. The zero-order chi connectivity index (χ0) is 13.1. The van der Waals surface area contributed by atoms with E-state index in [2.05, 4.69) is 20.9 Å². The molecule has 0 saturated carbocycles. The first kappa shape index (κ1) is 12.4. The summed E-state index contributed by atoms with van der Waals surface area (Å²) in [5.74, 6) is 1.66. The first-order valence-corrected chi connectivity index (χ1v) is 7.43. The van der Waals surface area contributed by atoms with Crippen molar-refractivity contribution >= 4 is 27.3 Å². The first-order valence-electron chi connectivity index (χ1n) is 5.75. The van der Waals surface area contributed by atoms with Crippen LogP contribution in [0.15, 0.2) is 63.9 Å². The third-order valence-corrected chi connectivity index (χ3v) is 3.97. The molecule has 0 unspecified atom stereocenters. The summed E-state index contributed by atoms with van der Waals surface area (Å²) in [7, 11) is 0. The summed E-state index contributed by atoms with van der Waals surface area (Å²) in [5.41, 5.74) is 2.06. The van der Waals surface area contributed by atoms with Gasteiger partial charge in [-0.05, 0) is 52.3 Å². The van der Waals surface area contributed by atoms with Crippen LogP contribution in [-0.4, -0.2) is 4.98 Å². The van der Waals surface area contributed by atoms with Crippen molar-refractivity contribution in [3.63, 3.8) is 0 Å². The molecule has 0 radical (unpaired) electrons. The Morgan fingerprint density at radius 2 is 1.58 bits per heavy atom. The van der Waals surface area contributed by atoms with Crippen molar-refractivity contribution in [1.29, 1.82) is 0 Å². The number of hydrogen-bond acceptors (Lipinski definition) is 3. The quantitative estimate of drug-likeness (QED) is 0.644. The number of rotatable bonds is 3. The molecule has 3 rings (SSSR count). The van der Waals surface area contributed by atoms with Crippen molar-refractivity contribution < 1.29 is 4.74 Å². The molecule has 1 heterocycles. The molecule has 4 heteroatoms. The van der Waals surface area contributed by atoms with Crippen LogP contribution in [0.5, 0.6) is 11.5 Å². The second kappa shape index (κ2) is 5.55. The Morgan fingerprint density at radius 1 is 0.895 bits per heavy atom. The van der Waals surface area contributed by atoms with E-state index < -0.39 is 0 Å². The number of para-hydroxylation sites is 1. The van der Waals surface area contributed by atoms with Crippen molar-refractivity contribution in [3.05, 3.63) is 63.9 Å². The number of nitrogens with zero attached hydrogens (tertiary/aromatic N) is 1. The van der Waals surface area contributed by atoms with E-state index in [9.17, 15) is 0 Å². The molecular weight excluding hydrogens is 322 g/mol. The van der Waals surface area contributed by atoms with Gasteiger partial charge in [0.1, 0.15) is 11.5 Å². The molecule has 19 heavy (non-hydrogen) atoms. The molecule has 0 aliphatic heterocycles. The van der Waals surface area contributed by atoms with Crippen LogP contribution in [0.3, 0.4) is 0 Å². The van der Waals surface area contributed by atoms with E-state index in [0.717, 1.165) is 26.7 Å². The number of thiazole rings is 1. The maximum Gasteiger partial charge on any atom is 0.159 e. The van der Waals surface area contributed by atoms with Gasteiger partial charge in [0.15, 0.2) is 3.92 Å². The minimum absolute atomic E-state index is 0.823. The summed E-state index contributed by atoms with van der Waals surface area (Å²) in [5, 5.41) is 2.02. The zero-order valence-corrected chi connectivity index (χ0v) is 12.3. The number of aromatic nitrogens is 1. The third-order valence-electron chi connectivity index (χ3n) is 2.61. The lowest BCUT2D eigenvalue weighted by Gasteiger charge is -2.05. The summed E-state index contributed by atoms with van der Waals surface area (Å²) in [6.45, 7) is 0. The van der Waals surface area contributed by atoms with E-state index in [1.165, 1.54) is 0 Å². The Balaban J connectivity index is 1.79. The monoisotopic (exact) mass is 331 g/mol. The lowest BCUT2D eigenvalue weighted by Crippen LogP contribution is -1.84. The van der Waals surface area contributed by atoms with E-state index >= 15 is 0 Å². The van der Waals surface area contributed by atoms with Crippen LogP contribution in [-0.2, 0) is 0 Å². The van der Waals surface area contributed by atoms with Crippen LogP contribution in [0, 0.1) is 0 Å². The fraction of sp³-hybridized carbons (Fsp3) is 0. The minimum atomic E-state index is 0.823. The van der Waals surface area contributed by atoms with E-state index in [-0.39, 0.29) is 0 Å². The fourth-order valence-corrected chi connectivity index (χ4v) is 2.72. The average Bonchev–Trinajstić information content (AvgIpc) is 2.87. The predicted molar refractivity (Wildman–Crippen MR) is 81.8 cm³/mol. The third kappa shape index (κ3) is 3.03. The summed E-state index contributed by atoms with van der Waals surface area (Å²) in [6.07, 6.45) is 0. The van der Waals surface area contributed by atoms with Crippen molar-refractivity contribution in [3.8, 4) is 22.8 Å². The second-order valence-electron chi connectivity index (χ2n) is 3.93. The topological polar surface area (TPSA) is 22.1 Å². The van der Waals surface area contributed by atoms with Crippen LogP contribution in [0.4, 0.5) is 0 Å². The lowest BCUT2D eigenvalue weighted by molar-refractivity contribution is 0.483. The maximum absolute atomic E-state index is 5.75. The van der Waals surface area contributed by atoms with Crippen LogP contribution < -0.4 is 4.74 Å². The zero-order valence-electron chi connectivity index (χ0n) is 9.92. The number of halogens is 1. The highest BCUT2D eigenvalue weighted by Gasteiger charge is 2.03. The average molecular weight is 332 g/mol. The fourth-order valence-electron chi connectivity index (χ4n) is 1.70. The highest BCUT2D eigenvalue weighted by atomic mass is 79.9. The van der Waals surface area contributed by atoms with Crippen LogP contribution in [0.1, 0.15) is 0 Å². The predicted octanol–water partition coefficient (Wildman–Crippen LogP) is 5.36. The van der Waals surface area contributed by atoms with E-state index in [1.807, 2.05) is 60.0 Å². The van der Waals surface area contributed by atoms with Crippen LogP contribution in [0.2, 0.25) is 0 Å². The Hall–Kier alpha value is -1.65. The van der Waals surface area contributed by atoms with Gasteiger partial charge in [0.25, 0.3) is 0 Å². The standard InChI is InChI=1S/C15H10BrNOS/c16-15-17-14(10-19-15)11-6-8-13(9-7-11)18-12-4-2-1-3-5-12/h1-10H. The van der Waals surface area contributed by atoms with Crippen molar-refractivity contribution in [1.82, 2.24) is 4.98 Å². The van der Waals surface area contributed by atoms with Gasteiger partial charge in [-0.1, -0.05) is 18.2 Å². The van der Waals surface area contributed by atoms with Gasteiger partial charge in [0.2, 0.25) is 0 Å². The van der Waals surface area contributed by atoms with Crippen LogP contribution >= 0.6 is 27.3 Å². The summed E-state index contributed by atoms with van der Waals surface area (Å²) < 4.78 is 6.64. The SMILES string of the molecule is Brc1nc(-c2ccc(Oc3ccccc3)cc2)cs1. The van der Waals surface area contributed by atoms with Gasteiger partial charge < -0.3 is 4.74 Å². The van der Waals surface area contributed by atoms with Crippen molar-refractivity contribution in [2.45, 2.75) is 0 Å². The largest absolute Gasteiger partial charge is 0.457 e. The van der Waals surface area contributed by atoms with Gasteiger partial charge in [-0.3, -0.25) is 0 Å². The summed E-state index contributed by atoms with van der Waals surface area (Å²) in [4.78, 5) is 4.39. The minimum Gasteiger partial charge on any atom is -0.457 e. The van der Waals surface area contributed by atoms with Crippen molar-refractivity contribution in [2.24, 2.45) is 0 Å². The first-order chi connectivity index (χ1) is 9.31. The molecule has 1 aromatic heterocycles. The molecule has 0 amide bonds. The van der Waals surface area contributed by atoms with Gasteiger partial charge in [-0.25, -0.2) is 4.98 Å². The molecule has 0 saturated heterocycles. The van der Waals surface area contributed by atoms with Gasteiger partial charge in [0, 0.05) is 10.9 Å². The molecule has 0 aliphatic carbocycles. The van der Waals surface area contributed by atoms with E-state index in [4.69, 9.17) is 4.74 Å². The normalized spacial score (nSPS) is 10.4. The molecular formula is C15H10BrNOS. The van der Waals surface area contributed by atoms with E-state index in [0.29, 0.717) is 0 Å². The van der Waals surface area contributed by atoms with Crippen LogP contribution in [0.25, 0.3) is 11.3 Å². The number of ether oxygens (including phenoxy) is 1. The van der Waals surface area contributed by atoms with E-state index in [1.54, 1.807) is 11.3 Å². The molecule has 0 N–H and O–H groups in total. The molecule has 0 fully saturated rings. The van der Waals surface area contributed by atoms with Crippen molar-refractivity contribution in [2.75, 3.05) is 0 Å².